The van der Waals surface area contributed by atoms with Gasteiger partial charge in [0.2, 0.25) is 0 Å². The van der Waals surface area contributed by atoms with E-state index in [1.165, 1.54) is 6.08 Å². The van der Waals surface area contributed by atoms with Gasteiger partial charge in [0.05, 0.1) is 18.8 Å². The molecular formula is C5H12NO5P. The molecule has 6 nitrogen and oxygen atoms in total. The summed E-state index contributed by atoms with van der Waals surface area (Å²) in [7, 11) is -4.53. The summed E-state index contributed by atoms with van der Waals surface area (Å²) in [6, 6.07) is 0. The predicted molar refractivity (Wildman–Crippen MR) is 42.2 cm³/mol. The lowest BCUT2D eigenvalue weighted by Crippen LogP contribution is -2.45. The Morgan fingerprint density at radius 1 is 1.67 bits per heavy atom. The van der Waals surface area contributed by atoms with Crippen molar-refractivity contribution in [1.29, 1.82) is 0 Å². The molecule has 0 spiro atoms. The van der Waals surface area contributed by atoms with E-state index in [0.717, 1.165) is 0 Å². The van der Waals surface area contributed by atoms with Crippen LogP contribution in [-0.4, -0.2) is 33.6 Å². The number of hydrogen-bond donors (Lipinski definition) is 4. The van der Waals surface area contributed by atoms with Gasteiger partial charge < -0.3 is 20.6 Å². The molecule has 12 heavy (non-hydrogen) atoms. The van der Waals surface area contributed by atoms with Gasteiger partial charge in [-0.15, -0.1) is 6.58 Å². The highest BCUT2D eigenvalue weighted by molar-refractivity contribution is 7.46. The van der Waals surface area contributed by atoms with Crippen molar-refractivity contribution in [3.8, 4) is 0 Å². The van der Waals surface area contributed by atoms with Gasteiger partial charge in [0.15, 0.2) is 0 Å². The van der Waals surface area contributed by atoms with Gasteiger partial charge in [0.25, 0.3) is 0 Å². The predicted octanol–water partition coefficient (Wildman–Crippen LogP) is -1.03. The molecule has 72 valence electrons. The first-order chi connectivity index (χ1) is 5.33. The first kappa shape index (κ1) is 11.8. The number of phosphoric ester groups is 1. The van der Waals surface area contributed by atoms with Crippen LogP contribution >= 0.6 is 7.82 Å². The molecule has 0 saturated carbocycles. The number of rotatable bonds is 5. The highest BCUT2D eigenvalue weighted by Gasteiger charge is 2.25. The number of hydrogen-bond acceptors (Lipinski definition) is 4. The summed E-state index contributed by atoms with van der Waals surface area (Å²) in [4.78, 5) is 16.6. The van der Waals surface area contributed by atoms with Crippen molar-refractivity contribution in [1.82, 2.24) is 0 Å². The summed E-state index contributed by atoms with van der Waals surface area (Å²) in [6.45, 7) is 2.32. The lowest BCUT2D eigenvalue weighted by atomic mass is 10.1. The fourth-order valence-corrected chi connectivity index (χ4v) is 0.782. The van der Waals surface area contributed by atoms with Crippen molar-refractivity contribution < 1.29 is 24.0 Å². The zero-order valence-electron chi connectivity index (χ0n) is 6.38. The monoisotopic (exact) mass is 197 g/mol. The molecule has 0 amide bonds. The Kier molecular flexibility index (Phi) is 4.05. The second-order valence-electron chi connectivity index (χ2n) is 2.36. The SMILES string of the molecule is C=CC(N)(CO)COP(=O)(O)O. The largest absolute Gasteiger partial charge is 0.469 e. The molecule has 0 aliphatic rings. The third-order valence-electron chi connectivity index (χ3n) is 1.20. The molecule has 0 heterocycles. The van der Waals surface area contributed by atoms with Gasteiger partial charge in [-0.05, 0) is 0 Å². The maximum Gasteiger partial charge on any atom is 0.469 e. The fourth-order valence-electron chi connectivity index (χ4n) is 0.373. The molecule has 0 radical (unpaired) electrons. The van der Waals surface area contributed by atoms with E-state index in [-0.39, 0.29) is 0 Å². The maximum absolute atomic E-state index is 10.2. The van der Waals surface area contributed by atoms with E-state index in [4.69, 9.17) is 20.6 Å². The van der Waals surface area contributed by atoms with Crippen LogP contribution in [0.4, 0.5) is 0 Å². The summed E-state index contributed by atoms with van der Waals surface area (Å²) >= 11 is 0. The van der Waals surface area contributed by atoms with Crippen LogP contribution in [0.1, 0.15) is 0 Å². The van der Waals surface area contributed by atoms with Crippen LogP contribution in [0.25, 0.3) is 0 Å². The summed E-state index contributed by atoms with van der Waals surface area (Å²) < 4.78 is 14.3. The van der Waals surface area contributed by atoms with Crippen molar-refractivity contribution in [3.63, 3.8) is 0 Å². The highest BCUT2D eigenvalue weighted by Crippen LogP contribution is 2.36. The quantitative estimate of drug-likeness (QED) is 0.331. The summed E-state index contributed by atoms with van der Waals surface area (Å²) in [5.41, 5.74) is 4.06. The number of aliphatic hydroxyl groups is 1. The van der Waals surface area contributed by atoms with E-state index in [1.54, 1.807) is 0 Å². The third kappa shape index (κ3) is 4.61. The molecule has 0 fully saturated rings. The molecule has 5 N–H and O–H groups in total. The molecule has 0 aromatic heterocycles. The standard InChI is InChI=1S/C5H12NO5P/c1-2-5(6,3-7)4-11-12(8,9)10/h2,7H,1,3-4,6H2,(H2,8,9,10). The Morgan fingerprint density at radius 2 is 2.17 bits per heavy atom. The van der Waals surface area contributed by atoms with Crippen molar-refractivity contribution in [2.45, 2.75) is 5.54 Å². The normalized spacial score (nSPS) is 17.0. The molecule has 0 bridgehead atoms. The van der Waals surface area contributed by atoms with Crippen molar-refractivity contribution in [2.75, 3.05) is 13.2 Å². The van der Waals surface area contributed by atoms with Crippen LogP contribution in [0.5, 0.6) is 0 Å². The highest BCUT2D eigenvalue weighted by atomic mass is 31.2. The van der Waals surface area contributed by atoms with E-state index in [0.29, 0.717) is 0 Å². The fraction of sp³-hybridized carbons (Fsp3) is 0.600. The molecule has 0 aromatic carbocycles. The van der Waals surface area contributed by atoms with E-state index in [1.807, 2.05) is 0 Å². The summed E-state index contributed by atoms with van der Waals surface area (Å²) in [5, 5.41) is 8.65. The Morgan fingerprint density at radius 3 is 2.42 bits per heavy atom. The topological polar surface area (TPSA) is 113 Å². The molecular weight excluding hydrogens is 185 g/mol. The lowest BCUT2D eigenvalue weighted by molar-refractivity contribution is 0.131. The molecule has 0 aliphatic carbocycles. The minimum atomic E-state index is -4.53. The number of aliphatic hydroxyl groups excluding tert-OH is 1. The van der Waals surface area contributed by atoms with Gasteiger partial charge >= 0.3 is 7.82 Å². The first-order valence-electron chi connectivity index (χ1n) is 3.06. The van der Waals surface area contributed by atoms with Crippen LogP contribution < -0.4 is 5.73 Å². The summed E-state index contributed by atoms with van der Waals surface area (Å²) in [5.74, 6) is 0. The van der Waals surface area contributed by atoms with Gasteiger partial charge in [-0.25, -0.2) is 4.57 Å². The minimum absolute atomic E-state index is 0.475. The second-order valence-corrected chi connectivity index (χ2v) is 3.60. The molecule has 0 aromatic rings. The number of phosphoric acid groups is 1. The van der Waals surface area contributed by atoms with Gasteiger partial charge in [-0.2, -0.15) is 0 Å². The third-order valence-corrected chi connectivity index (χ3v) is 1.67. The average molecular weight is 197 g/mol. The zero-order chi connectivity index (χ0) is 9.83. The van der Waals surface area contributed by atoms with Crippen LogP contribution in [0.3, 0.4) is 0 Å². The zero-order valence-corrected chi connectivity index (χ0v) is 7.28. The van der Waals surface area contributed by atoms with E-state index in [9.17, 15) is 4.57 Å². The Hall–Kier alpha value is -0.230. The van der Waals surface area contributed by atoms with Crippen molar-refractivity contribution in [3.05, 3.63) is 12.7 Å². The van der Waals surface area contributed by atoms with Gasteiger partial charge in [0.1, 0.15) is 0 Å². The van der Waals surface area contributed by atoms with Crippen LogP contribution in [0.15, 0.2) is 12.7 Å². The van der Waals surface area contributed by atoms with E-state index >= 15 is 0 Å². The van der Waals surface area contributed by atoms with Gasteiger partial charge in [-0.3, -0.25) is 4.52 Å². The van der Waals surface area contributed by atoms with Crippen molar-refractivity contribution >= 4 is 7.82 Å². The molecule has 0 rings (SSSR count). The van der Waals surface area contributed by atoms with Crippen LogP contribution in [-0.2, 0) is 9.09 Å². The molecule has 1 atom stereocenters. The Bertz CT molecular complexity index is 202. The van der Waals surface area contributed by atoms with E-state index < -0.39 is 26.6 Å². The Labute approximate surface area is 69.9 Å². The van der Waals surface area contributed by atoms with Gasteiger partial charge in [-0.1, -0.05) is 6.08 Å². The number of nitrogens with two attached hydrogens (primary N) is 1. The van der Waals surface area contributed by atoms with Gasteiger partial charge in [0, 0.05) is 0 Å². The molecule has 0 aliphatic heterocycles. The Balaban J connectivity index is 4.07. The first-order valence-corrected chi connectivity index (χ1v) is 4.59. The van der Waals surface area contributed by atoms with Crippen LogP contribution in [0, 0.1) is 0 Å². The lowest BCUT2D eigenvalue weighted by Gasteiger charge is -2.22. The molecule has 0 saturated heterocycles. The maximum atomic E-state index is 10.2. The summed E-state index contributed by atoms with van der Waals surface area (Å²) in [6.07, 6.45) is 1.17. The molecule has 1 unspecified atom stereocenters. The average Bonchev–Trinajstić information content (AvgIpc) is 1.99. The van der Waals surface area contributed by atoms with E-state index in [2.05, 4.69) is 11.1 Å². The van der Waals surface area contributed by atoms with Crippen LogP contribution in [0.2, 0.25) is 0 Å². The van der Waals surface area contributed by atoms with Crippen molar-refractivity contribution in [2.24, 2.45) is 5.73 Å². The molecule has 7 heteroatoms. The second kappa shape index (κ2) is 4.13. The minimum Gasteiger partial charge on any atom is -0.394 e. The smallest absolute Gasteiger partial charge is 0.394 e.